The molecule has 0 aliphatic rings. The molecule has 0 aliphatic carbocycles. The van der Waals surface area contributed by atoms with Crippen LogP contribution >= 0.6 is 0 Å². The van der Waals surface area contributed by atoms with E-state index in [9.17, 15) is 9.18 Å². The number of carbonyl (C=O) groups is 1. The maximum Gasteiger partial charge on any atom is 0.345 e. The first-order valence-corrected chi connectivity index (χ1v) is 5.47. The zero-order chi connectivity index (χ0) is 13.0. The van der Waals surface area contributed by atoms with Crippen molar-refractivity contribution in [1.29, 1.82) is 0 Å². The molecule has 1 rings (SSSR count). The number of hydrogen-bond acceptors (Lipinski definition) is 3. The molecule has 0 N–H and O–H groups in total. The van der Waals surface area contributed by atoms with E-state index in [1.807, 2.05) is 13.8 Å². The summed E-state index contributed by atoms with van der Waals surface area (Å²) in [5.74, 6) is -0.473. The van der Waals surface area contributed by atoms with E-state index in [1.165, 1.54) is 7.11 Å². The second kappa shape index (κ2) is 5.66. The van der Waals surface area contributed by atoms with Gasteiger partial charge in [-0.05, 0) is 31.9 Å². The van der Waals surface area contributed by atoms with E-state index in [-0.39, 0.29) is 12.2 Å². The van der Waals surface area contributed by atoms with E-state index in [0.717, 1.165) is 11.1 Å². The normalized spacial score (nSPS) is 12.1. The minimum Gasteiger partial charge on any atom is -0.496 e. The number of carbonyl (C=O) groups excluding carboxylic acids is 1. The Morgan fingerprint density at radius 2 is 2.06 bits per heavy atom. The van der Waals surface area contributed by atoms with Crippen molar-refractivity contribution in [3.05, 3.63) is 28.8 Å². The van der Waals surface area contributed by atoms with Gasteiger partial charge in [-0.2, -0.15) is 0 Å². The predicted octanol–water partition coefficient (Wildman–Crippen LogP) is 2.89. The van der Waals surface area contributed by atoms with Crippen molar-refractivity contribution in [2.45, 2.75) is 26.9 Å². The van der Waals surface area contributed by atoms with Crippen LogP contribution in [0.2, 0.25) is 0 Å². The van der Waals surface area contributed by atoms with Crippen LogP contribution in [-0.2, 0) is 9.53 Å². The third-order valence-electron chi connectivity index (χ3n) is 2.68. The molecule has 0 radical (unpaired) electrons. The number of hydrogen-bond donors (Lipinski definition) is 0. The molecule has 0 aliphatic heterocycles. The summed E-state index contributed by atoms with van der Waals surface area (Å²) in [5.41, 5.74) is 2.03. The van der Waals surface area contributed by atoms with Gasteiger partial charge < -0.3 is 9.47 Å². The second-order valence-corrected chi connectivity index (χ2v) is 3.74. The van der Waals surface area contributed by atoms with Crippen LogP contribution in [0.4, 0.5) is 4.39 Å². The topological polar surface area (TPSA) is 35.5 Å². The fourth-order valence-electron chi connectivity index (χ4n) is 1.62. The average Bonchev–Trinajstić information content (AvgIpc) is 2.31. The average molecular weight is 240 g/mol. The largest absolute Gasteiger partial charge is 0.496 e. The lowest BCUT2D eigenvalue weighted by atomic mass is 10.0. The second-order valence-electron chi connectivity index (χ2n) is 3.74. The van der Waals surface area contributed by atoms with Crippen LogP contribution in [-0.4, -0.2) is 19.7 Å². The highest BCUT2D eigenvalue weighted by atomic mass is 19.1. The van der Waals surface area contributed by atoms with Crippen molar-refractivity contribution < 1.29 is 18.7 Å². The van der Waals surface area contributed by atoms with Crippen molar-refractivity contribution in [2.75, 3.05) is 13.7 Å². The Morgan fingerprint density at radius 3 is 2.59 bits per heavy atom. The molecule has 4 heteroatoms. The van der Waals surface area contributed by atoms with Crippen LogP contribution in [0.25, 0.3) is 0 Å². The molecule has 3 nitrogen and oxygen atoms in total. The summed E-state index contributed by atoms with van der Waals surface area (Å²) in [6.45, 7) is 5.53. The summed E-state index contributed by atoms with van der Waals surface area (Å²) in [6, 6.07) is 3.32. The van der Waals surface area contributed by atoms with Gasteiger partial charge >= 0.3 is 5.97 Å². The molecule has 1 aromatic rings. The monoisotopic (exact) mass is 240 g/mol. The van der Waals surface area contributed by atoms with Gasteiger partial charge in [0.2, 0.25) is 6.17 Å². The highest BCUT2D eigenvalue weighted by molar-refractivity contribution is 5.77. The Hall–Kier alpha value is -1.58. The van der Waals surface area contributed by atoms with E-state index in [0.29, 0.717) is 5.75 Å². The third kappa shape index (κ3) is 2.75. The number of alkyl halides is 1. The number of esters is 1. The smallest absolute Gasteiger partial charge is 0.345 e. The summed E-state index contributed by atoms with van der Waals surface area (Å²) in [4.78, 5) is 11.4. The molecule has 0 spiro atoms. The van der Waals surface area contributed by atoms with Gasteiger partial charge in [0.05, 0.1) is 13.7 Å². The summed E-state index contributed by atoms with van der Waals surface area (Å²) in [6.07, 6.45) is -1.80. The van der Waals surface area contributed by atoms with Crippen molar-refractivity contribution in [1.82, 2.24) is 0 Å². The van der Waals surface area contributed by atoms with Crippen molar-refractivity contribution >= 4 is 5.97 Å². The maximum atomic E-state index is 13.9. The third-order valence-corrected chi connectivity index (χ3v) is 2.68. The maximum absolute atomic E-state index is 13.9. The molecule has 0 saturated heterocycles. The minimum atomic E-state index is -1.80. The lowest BCUT2D eigenvalue weighted by molar-refractivity contribution is -0.149. The Labute approximate surface area is 101 Å². The first-order valence-electron chi connectivity index (χ1n) is 5.47. The fourth-order valence-corrected chi connectivity index (χ4v) is 1.62. The molecular formula is C13H17FO3. The molecule has 0 bridgehead atoms. The van der Waals surface area contributed by atoms with Gasteiger partial charge in [-0.1, -0.05) is 12.1 Å². The van der Waals surface area contributed by atoms with Crippen molar-refractivity contribution in [2.24, 2.45) is 0 Å². The number of methoxy groups -OCH3 is 1. The summed E-state index contributed by atoms with van der Waals surface area (Å²) in [5, 5.41) is 0. The van der Waals surface area contributed by atoms with Crippen LogP contribution in [0.15, 0.2) is 12.1 Å². The Kier molecular flexibility index (Phi) is 4.49. The summed E-state index contributed by atoms with van der Waals surface area (Å²) in [7, 11) is 1.46. The molecule has 1 atom stereocenters. The minimum absolute atomic E-state index is 0.159. The van der Waals surface area contributed by atoms with E-state index >= 15 is 0 Å². The molecular weight excluding hydrogens is 223 g/mol. The number of rotatable bonds is 4. The van der Waals surface area contributed by atoms with Gasteiger partial charge in [0.1, 0.15) is 5.75 Å². The number of benzene rings is 1. The Bertz CT molecular complexity index is 415. The zero-order valence-corrected chi connectivity index (χ0v) is 10.5. The van der Waals surface area contributed by atoms with Gasteiger partial charge in [0, 0.05) is 5.56 Å². The van der Waals surface area contributed by atoms with E-state index in [4.69, 9.17) is 4.74 Å². The van der Waals surface area contributed by atoms with Crippen molar-refractivity contribution in [3.8, 4) is 5.75 Å². The fraction of sp³-hybridized carbons (Fsp3) is 0.462. The van der Waals surface area contributed by atoms with Crippen LogP contribution in [0, 0.1) is 13.8 Å². The molecule has 0 aromatic heterocycles. The molecule has 1 unspecified atom stereocenters. The highest BCUT2D eigenvalue weighted by Gasteiger charge is 2.25. The first-order chi connectivity index (χ1) is 8.02. The van der Waals surface area contributed by atoms with E-state index in [2.05, 4.69) is 4.74 Å². The van der Waals surface area contributed by atoms with Crippen LogP contribution < -0.4 is 4.74 Å². The number of halogens is 1. The molecule has 0 amide bonds. The van der Waals surface area contributed by atoms with E-state index < -0.39 is 12.1 Å². The molecule has 0 heterocycles. The zero-order valence-electron chi connectivity index (χ0n) is 10.5. The first kappa shape index (κ1) is 13.5. The summed E-state index contributed by atoms with van der Waals surface area (Å²) < 4.78 is 23.7. The molecule has 94 valence electrons. The van der Waals surface area contributed by atoms with Crippen LogP contribution in [0.5, 0.6) is 5.75 Å². The Morgan fingerprint density at radius 1 is 1.41 bits per heavy atom. The van der Waals surface area contributed by atoms with Crippen LogP contribution in [0.1, 0.15) is 29.8 Å². The van der Waals surface area contributed by atoms with Crippen molar-refractivity contribution in [3.63, 3.8) is 0 Å². The quantitative estimate of drug-likeness (QED) is 0.759. The highest BCUT2D eigenvalue weighted by Crippen LogP contribution is 2.33. The van der Waals surface area contributed by atoms with Crippen LogP contribution in [0.3, 0.4) is 0 Å². The SMILES string of the molecule is CCOC(=O)C(F)c1ccc(C)c(C)c1OC. The molecule has 0 saturated carbocycles. The lowest BCUT2D eigenvalue weighted by Gasteiger charge is -2.15. The van der Waals surface area contributed by atoms with Gasteiger partial charge in [-0.25, -0.2) is 9.18 Å². The molecule has 0 fully saturated rings. The predicted molar refractivity (Wildman–Crippen MR) is 63.0 cm³/mol. The van der Waals surface area contributed by atoms with Gasteiger partial charge in [0.15, 0.2) is 0 Å². The van der Waals surface area contributed by atoms with Gasteiger partial charge in [-0.3, -0.25) is 0 Å². The number of ether oxygens (including phenoxy) is 2. The molecule has 17 heavy (non-hydrogen) atoms. The standard InChI is InChI=1S/C13H17FO3/c1-5-17-13(15)11(14)10-7-6-8(2)9(3)12(10)16-4/h6-7,11H,5H2,1-4H3. The number of aryl methyl sites for hydroxylation is 1. The van der Waals surface area contributed by atoms with Gasteiger partial charge in [-0.15, -0.1) is 0 Å². The van der Waals surface area contributed by atoms with E-state index in [1.54, 1.807) is 19.1 Å². The lowest BCUT2D eigenvalue weighted by Crippen LogP contribution is -2.13. The van der Waals surface area contributed by atoms with Gasteiger partial charge in [0.25, 0.3) is 0 Å². The molecule has 1 aromatic carbocycles. The Balaban J connectivity index is 3.13. The summed E-state index contributed by atoms with van der Waals surface area (Å²) >= 11 is 0.